The molecule has 0 aliphatic heterocycles. The summed E-state index contributed by atoms with van der Waals surface area (Å²) in [4.78, 5) is 10.8. The van der Waals surface area contributed by atoms with E-state index in [1.54, 1.807) is 0 Å². The summed E-state index contributed by atoms with van der Waals surface area (Å²) in [5.41, 5.74) is 0. The van der Waals surface area contributed by atoms with E-state index in [4.69, 9.17) is 5.11 Å². The maximum Gasteiger partial charge on any atom is 0.306 e. The van der Waals surface area contributed by atoms with Crippen molar-refractivity contribution in [2.24, 2.45) is 11.8 Å². The molecule has 2 aliphatic carbocycles. The molecule has 0 aromatic heterocycles. The SMILES string of the molecule is O=C(O)C1CCC(NCC2CCCC2)CC1. The summed E-state index contributed by atoms with van der Waals surface area (Å²) < 4.78 is 0. The fourth-order valence-corrected chi connectivity index (χ4v) is 3.09. The second-order valence-electron chi connectivity index (χ2n) is 5.45. The minimum absolute atomic E-state index is 0.0791. The molecule has 16 heavy (non-hydrogen) atoms. The fraction of sp³-hybridized carbons (Fsp3) is 0.923. The van der Waals surface area contributed by atoms with Crippen LogP contribution in [0.15, 0.2) is 0 Å². The second-order valence-corrected chi connectivity index (χ2v) is 5.45. The Kier molecular flexibility index (Phi) is 4.22. The van der Waals surface area contributed by atoms with Gasteiger partial charge in [0.2, 0.25) is 0 Å². The first-order valence-corrected chi connectivity index (χ1v) is 6.72. The third kappa shape index (κ3) is 3.21. The van der Waals surface area contributed by atoms with Crippen molar-refractivity contribution < 1.29 is 9.90 Å². The zero-order chi connectivity index (χ0) is 11.4. The molecule has 2 N–H and O–H groups in total. The van der Waals surface area contributed by atoms with Gasteiger partial charge in [0, 0.05) is 6.04 Å². The van der Waals surface area contributed by atoms with Gasteiger partial charge in [0.05, 0.1) is 5.92 Å². The summed E-state index contributed by atoms with van der Waals surface area (Å²) in [5.74, 6) is 0.205. The van der Waals surface area contributed by atoms with E-state index in [1.807, 2.05) is 0 Å². The first-order valence-electron chi connectivity index (χ1n) is 6.72. The van der Waals surface area contributed by atoms with Crippen molar-refractivity contribution in [3.05, 3.63) is 0 Å². The highest BCUT2D eigenvalue weighted by atomic mass is 16.4. The molecule has 0 amide bonds. The molecule has 0 saturated heterocycles. The predicted octanol–water partition coefficient (Wildman–Crippen LogP) is 2.41. The van der Waals surface area contributed by atoms with Crippen molar-refractivity contribution >= 4 is 5.97 Å². The number of aliphatic carboxylic acids is 1. The van der Waals surface area contributed by atoms with Crippen molar-refractivity contribution in [2.45, 2.75) is 57.4 Å². The second kappa shape index (κ2) is 5.67. The van der Waals surface area contributed by atoms with Crippen molar-refractivity contribution in [1.82, 2.24) is 5.32 Å². The molecule has 2 aliphatic rings. The van der Waals surface area contributed by atoms with Crippen molar-refractivity contribution in [3.63, 3.8) is 0 Å². The minimum atomic E-state index is -0.603. The Bertz CT molecular complexity index is 228. The molecular formula is C13H23NO2. The van der Waals surface area contributed by atoms with E-state index in [9.17, 15) is 4.79 Å². The van der Waals surface area contributed by atoms with Crippen LogP contribution in [-0.4, -0.2) is 23.7 Å². The summed E-state index contributed by atoms with van der Waals surface area (Å²) in [6.07, 6.45) is 9.38. The van der Waals surface area contributed by atoms with Crippen LogP contribution < -0.4 is 5.32 Å². The van der Waals surface area contributed by atoms with Gasteiger partial charge in [-0.1, -0.05) is 12.8 Å². The molecule has 0 spiro atoms. The maximum absolute atomic E-state index is 10.8. The molecule has 0 aromatic carbocycles. The summed E-state index contributed by atoms with van der Waals surface area (Å²) in [6, 6.07) is 0.580. The lowest BCUT2D eigenvalue weighted by Gasteiger charge is -2.28. The zero-order valence-electron chi connectivity index (χ0n) is 9.95. The average molecular weight is 225 g/mol. The Morgan fingerprint density at radius 2 is 1.69 bits per heavy atom. The third-order valence-electron chi connectivity index (χ3n) is 4.25. The largest absolute Gasteiger partial charge is 0.481 e. The summed E-state index contributed by atoms with van der Waals surface area (Å²) in [7, 11) is 0. The quantitative estimate of drug-likeness (QED) is 0.772. The first-order chi connectivity index (χ1) is 7.75. The molecule has 0 aromatic rings. The van der Waals surface area contributed by atoms with Gasteiger partial charge < -0.3 is 10.4 Å². The molecule has 0 unspecified atom stereocenters. The number of carboxylic acid groups (broad SMARTS) is 1. The number of nitrogens with one attached hydrogen (secondary N) is 1. The Balaban J connectivity index is 1.63. The molecule has 0 atom stereocenters. The Labute approximate surface area is 97.6 Å². The number of carbonyl (C=O) groups is 1. The third-order valence-corrected chi connectivity index (χ3v) is 4.25. The normalized spacial score (nSPS) is 31.8. The van der Waals surface area contributed by atoms with Gasteiger partial charge in [0.1, 0.15) is 0 Å². The number of hydrogen-bond donors (Lipinski definition) is 2. The van der Waals surface area contributed by atoms with E-state index in [1.165, 1.54) is 25.7 Å². The lowest BCUT2D eigenvalue weighted by atomic mass is 9.86. The minimum Gasteiger partial charge on any atom is -0.481 e. The smallest absolute Gasteiger partial charge is 0.306 e. The molecule has 2 rings (SSSR count). The molecule has 3 nitrogen and oxygen atoms in total. The van der Waals surface area contributed by atoms with Gasteiger partial charge in [0.25, 0.3) is 0 Å². The Morgan fingerprint density at radius 1 is 1.06 bits per heavy atom. The highest BCUT2D eigenvalue weighted by Gasteiger charge is 2.26. The van der Waals surface area contributed by atoms with E-state index in [0.29, 0.717) is 6.04 Å². The highest BCUT2D eigenvalue weighted by Crippen LogP contribution is 2.27. The van der Waals surface area contributed by atoms with E-state index < -0.39 is 5.97 Å². The van der Waals surface area contributed by atoms with Gasteiger partial charge in [-0.25, -0.2) is 0 Å². The fourth-order valence-electron chi connectivity index (χ4n) is 3.09. The Morgan fingerprint density at radius 3 is 2.25 bits per heavy atom. The first kappa shape index (κ1) is 11.9. The van der Waals surface area contributed by atoms with E-state index in [2.05, 4.69) is 5.32 Å². The van der Waals surface area contributed by atoms with Gasteiger partial charge in [-0.05, 0) is 51.0 Å². The van der Waals surface area contributed by atoms with Gasteiger partial charge >= 0.3 is 5.97 Å². The van der Waals surface area contributed by atoms with Crippen LogP contribution in [0.2, 0.25) is 0 Å². The zero-order valence-corrected chi connectivity index (χ0v) is 9.95. The van der Waals surface area contributed by atoms with Crippen LogP contribution >= 0.6 is 0 Å². The van der Waals surface area contributed by atoms with Crippen LogP contribution in [0.4, 0.5) is 0 Å². The van der Waals surface area contributed by atoms with E-state index >= 15 is 0 Å². The summed E-state index contributed by atoms with van der Waals surface area (Å²) in [6.45, 7) is 1.16. The highest BCUT2D eigenvalue weighted by molar-refractivity contribution is 5.70. The number of rotatable bonds is 4. The molecule has 0 heterocycles. The van der Waals surface area contributed by atoms with Gasteiger partial charge in [0.15, 0.2) is 0 Å². The van der Waals surface area contributed by atoms with Crippen LogP contribution in [0.25, 0.3) is 0 Å². The summed E-state index contributed by atoms with van der Waals surface area (Å²) >= 11 is 0. The number of hydrogen-bond acceptors (Lipinski definition) is 2. The molecule has 3 heteroatoms. The molecule has 0 radical (unpaired) electrons. The average Bonchev–Trinajstić information content (AvgIpc) is 2.80. The van der Waals surface area contributed by atoms with Gasteiger partial charge in [-0.15, -0.1) is 0 Å². The topological polar surface area (TPSA) is 49.3 Å². The van der Waals surface area contributed by atoms with Crippen LogP contribution in [0.5, 0.6) is 0 Å². The van der Waals surface area contributed by atoms with Crippen molar-refractivity contribution in [2.75, 3.05) is 6.54 Å². The summed E-state index contributed by atoms with van der Waals surface area (Å²) in [5, 5.41) is 12.5. The predicted molar refractivity (Wildman–Crippen MR) is 63.3 cm³/mol. The van der Waals surface area contributed by atoms with Gasteiger partial charge in [-0.2, -0.15) is 0 Å². The molecular weight excluding hydrogens is 202 g/mol. The van der Waals surface area contributed by atoms with Crippen LogP contribution in [0.1, 0.15) is 51.4 Å². The van der Waals surface area contributed by atoms with E-state index in [-0.39, 0.29) is 5.92 Å². The molecule has 0 bridgehead atoms. The Hall–Kier alpha value is -0.570. The van der Waals surface area contributed by atoms with Crippen LogP contribution in [0.3, 0.4) is 0 Å². The molecule has 2 fully saturated rings. The maximum atomic E-state index is 10.8. The lowest BCUT2D eigenvalue weighted by molar-refractivity contribution is -0.142. The standard InChI is InChI=1S/C13H23NO2/c15-13(16)11-5-7-12(8-6-11)14-9-10-3-1-2-4-10/h10-12,14H,1-9H2,(H,15,16). The molecule has 92 valence electrons. The van der Waals surface area contributed by atoms with Gasteiger partial charge in [-0.3, -0.25) is 4.79 Å². The number of carboxylic acids is 1. The van der Waals surface area contributed by atoms with Crippen LogP contribution in [-0.2, 0) is 4.79 Å². The van der Waals surface area contributed by atoms with Crippen LogP contribution in [0, 0.1) is 11.8 Å². The molecule has 2 saturated carbocycles. The van der Waals surface area contributed by atoms with Crippen molar-refractivity contribution in [1.29, 1.82) is 0 Å². The monoisotopic (exact) mass is 225 g/mol. The van der Waals surface area contributed by atoms with Crippen molar-refractivity contribution in [3.8, 4) is 0 Å². The van der Waals surface area contributed by atoms with E-state index in [0.717, 1.165) is 38.1 Å². The lowest BCUT2D eigenvalue weighted by Crippen LogP contribution is -2.37.